The highest BCUT2D eigenvalue weighted by Crippen LogP contribution is 2.64. The van der Waals surface area contributed by atoms with Gasteiger partial charge in [0.2, 0.25) is 0 Å². The van der Waals surface area contributed by atoms with E-state index < -0.39 is 11.6 Å². The van der Waals surface area contributed by atoms with E-state index in [9.17, 15) is 0 Å². The van der Waals surface area contributed by atoms with E-state index in [1.54, 1.807) is 0 Å². The lowest BCUT2D eigenvalue weighted by atomic mass is 9.61. The molecule has 0 saturated carbocycles. The summed E-state index contributed by atoms with van der Waals surface area (Å²) >= 11 is 0. The summed E-state index contributed by atoms with van der Waals surface area (Å²) in [5, 5.41) is 5.61. The predicted molar refractivity (Wildman–Crippen MR) is 262 cm³/mol. The number of hydrogen-bond donors (Lipinski definition) is 3. The Morgan fingerprint density at radius 2 is 1.02 bits per heavy atom. The number of fused-ring (bicyclic) bond motifs is 12. The number of hydrogen-bond acceptors (Lipinski definition) is 5. The van der Waals surface area contributed by atoms with Crippen LogP contribution in [0.5, 0.6) is 11.5 Å². The molecule has 64 heavy (non-hydrogen) atoms. The Kier molecular flexibility index (Phi) is 10.1. The minimum atomic E-state index is -0.647. The van der Waals surface area contributed by atoms with Crippen LogP contribution < -0.4 is 26.4 Å². The summed E-state index contributed by atoms with van der Waals surface area (Å²) in [6.07, 6.45) is -0.567. The number of nitrogens with two attached hydrogens (primary N) is 2. The highest BCUT2D eigenvalue weighted by atomic mass is 16.5. The van der Waals surface area contributed by atoms with E-state index in [2.05, 4.69) is 215 Å². The molecule has 0 aliphatic carbocycles. The Morgan fingerprint density at radius 3 is 1.67 bits per heavy atom. The normalized spacial score (nSPS) is 13.1. The number of nitrogens with zero attached hydrogens (tertiary/aromatic N) is 2. The molecule has 1 spiro atoms. The third kappa shape index (κ3) is 6.55. The molecular weight excluding hydrogens is 783 g/mol. The number of rotatable bonds is 7. The molecule has 3 heterocycles. The fourth-order valence-electron chi connectivity index (χ4n) is 9.92. The third-order valence-electron chi connectivity index (χ3n) is 12.7. The smallest absolute Gasteiger partial charge is 0.142 e. The average Bonchev–Trinajstić information content (AvgIpc) is 3.70. The van der Waals surface area contributed by atoms with Crippen molar-refractivity contribution in [2.24, 2.45) is 11.5 Å². The van der Waals surface area contributed by atoms with Crippen molar-refractivity contribution in [1.29, 1.82) is 0 Å². The van der Waals surface area contributed by atoms with Crippen LogP contribution in [-0.2, 0) is 18.5 Å². The molecule has 5 N–H and O–H groups in total. The van der Waals surface area contributed by atoms with E-state index in [0.717, 1.165) is 85.8 Å². The van der Waals surface area contributed by atoms with Crippen molar-refractivity contribution in [2.75, 3.05) is 4.90 Å². The molecule has 0 saturated heterocycles. The standard InChI is InChI=1S/C44H32N4O.C14H15N/c45-43(46)28-13-12-16-30(27-28)48-36-21-8-4-17-31(36)41-39(48)26-25-35-42(41)49-40-24-11-7-20-34(40)44(35)32-18-5-9-22-37(32)47(29-14-2-1-3-15-29)38-23-10-6-19-33(38)44;1-3-7-13(8-4-1)11-15-12-14-9-5-2-6-10-14/h1-27,43H,45-46H2;1-10,15H,11-12H2. The minimum Gasteiger partial charge on any atom is -0.456 e. The van der Waals surface area contributed by atoms with Crippen molar-refractivity contribution < 1.29 is 4.74 Å². The topological polar surface area (TPSA) is 81.5 Å². The summed E-state index contributed by atoms with van der Waals surface area (Å²) in [6, 6.07) is 79.1. The zero-order valence-corrected chi connectivity index (χ0v) is 35.3. The van der Waals surface area contributed by atoms with Crippen molar-refractivity contribution in [1.82, 2.24) is 9.88 Å². The SMILES string of the molecule is NC(N)c1cccc(-n2c3ccccc3c3c4c(ccc32)C2(c3ccccc3O4)c3ccccc3N(c3ccccc3)c3ccccc32)c1.c1ccc(CNCc2ccccc2)cc1. The van der Waals surface area contributed by atoms with E-state index in [-0.39, 0.29) is 0 Å². The van der Waals surface area contributed by atoms with Gasteiger partial charge in [-0.2, -0.15) is 0 Å². The molecule has 10 aromatic rings. The third-order valence-corrected chi connectivity index (χ3v) is 12.7. The van der Waals surface area contributed by atoms with Crippen LogP contribution in [0.4, 0.5) is 17.1 Å². The number of aromatic nitrogens is 1. The summed E-state index contributed by atoms with van der Waals surface area (Å²) in [5.41, 5.74) is 26.4. The van der Waals surface area contributed by atoms with Gasteiger partial charge in [-0.1, -0.05) is 170 Å². The lowest BCUT2D eigenvalue weighted by Gasteiger charge is -2.48. The lowest BCUT2D eigenvalue weighted by Crippen LogP contribution is -2.39. The number of anilines is 3. The first kappa shape index (κ1) is 39.1. The highest BCUT2D eigenvalue weighted by molar-refractivity contribution is 6.13. The molecule has 0 radical (unpaired) electrons. The first-order valence-corrected chi connectivity index (χ1v) is 21.9. The molecular formula is C58H47N5O. The second-order valence-electron chi connectivity index (χ2n) is 16.4. The number of nitrogens with one attached hydrogen (secondary N) is 1. The molecule has 0 amide bonds. The van der Waals surface area contributed by atoms with E-state index in [4.69, 9.17) is 16.2 Å². The average molecular weight is 830 g/mol. The summed E-state index contributed by atoms with van der Waals surface area (Å²) in [6.45, 7) is 1.85. The Labute approximate surface area is 373 Å². The Bertz CT molecular complexity index is 3180. The monoisotopic (exact) mass is 829 g/mol. The van der Waals surface area contributed by atoms with Crippen LogP contribution in [0.25, 0.3) is 27.5 Å². The van der Waals surface area contributed by atoms with E-state index in [1.165, 1.54) is 22.3 Å². The zero-order valence-electron chi connectivity index (χ0n) is 35.3. The number of para-hydroxylation sites is 5. The summed E-state index contributed by atoms with van der Waals surface area (Å²) in [7, 11) is 0. The molecule has 0 atom stereocenters. The molecule has 1 aromatic heterocycles. The van der Waals surface area contributed by atoms with Crippen LogP contribution in [0.3, 0.4) is 0 Å². The van der Waals surface area contributed by atoms with E-state index in [1.807, 2.05) is 24.3 Å². The maximum absolute atomic E-state index is 7.11. The minimum absolute atomic E-state index is 0.567. The summed E-state index contributed by atoms with van der Waals surface area (Å²) in [4.78, 5) is 2.40. The number of benzene rings is 9. The van der Waals surface area contributed by atoms with Gasteiger partial charge in [-0.15, -0.1) is 0 Å². The fourth-order valence-corrected chi connectivity index (χ4v) is 9.92. The summed E-state index contributed by atoms with van der Waals surface area (Å²) in [5.74, 6) is 1.73. The van der Waals surface area contributed by atoms with Gasteiger partial charge in [0.25, 0.3) is 0 Å². The molecule has 2 aliphatic heterocycles. The zero-order chi connectivity index (χ0) is 43.0. The van der Waals surface area contributed by atoms with Gasteiger partial charge in [0, 0.05) is 41.0 Å². The molecule has 6 heteroatoms. The van der Waals surface area contributed by atoms with Crippen LogP contribution in [0.2, 0.25) is 0 Å². The van der Waals surface area contributed by atoms with Crippen molar-refractivity contribution in [3.63, 3.8) is 0 Å². The molecule has 12 rings (SSSR count). The van der Waals surface area contributed by atoms with Crippen molar-refractivity contribution in [3.05, 3.63) is 263 Å². The Morgan fingerprint density at radius 1 is 0.469 bits per heavy atom. The van der Waals surface area contributed by atoms with Crippen LogP contribution in [0.1, 0.15) is 45.1 Å². The van der Waals surface area contributed by atoms with Gasteiger partial charge in [0.15, 0.2) is 0 Å². The van der Waals surface area contributed by atoms with Crippen LogP contribution in [0.15, 0.2) is 224 Å². The van der Waals surface area contributed by atoms with Gasteiger partial charge < -0.3 is 31.0 Å². The molecule has 9 aromatic carbocycles. The fraction of sp³-hybridized carbons (Fsp3) is 0.0690. The number of ether oxygens (including phenoxy) is 1. The molecule has 0 unspecified atom stereocenters. The Hall–Kier alpha value is -7.74. The van der Waals surface area contributed by atoms with Gasteiger partial charge >= 0.3 is 0 Å². The highest BCUT2D eigenvalue weighted by Gasteiger charge is 2.51. The molecule has 0 bridgehead atoms. The molecule has 6 nitrogen and oxygen atoms in total. The molecule has 0 fully saturated rings. The maximum Gasteiger partial charge on any atom is 0.142 e. The molecule has 310 valence electrons. The van der Waals surface area contributed by atoms with Crippen LogP contribution in [-0.4, -0.2) is 4.57 Å². The van der Waals surface area contributed by atoms with Crippen molar-refractivity contribution in [2.45, 2.75) is 24.7 Å². The lowest BCUT2D eigenvalue weighted by molar-refractivity contribution is 0.439. The van der Waals surface area contributed by atoms with Crippen molar-refractivity contribution in [3.8, 4) is 17.2 Å². The largest absolute Gasteiger partial charge is 0.456 e. The second kappa shape index (κ2) is 16.5. The summed E-state index contributed by atoms with van der Waals surface area (Å²) < 4.78 is 9.41. The van der Waals surface area contributed by atoms with Gasteiger partial charge in [-0.3, -0.25) is 0 Å². The maximum atomic E-state index is 7.11. The first-order chi connectivity index (χ1) is 31.6. The second-order valence-corrected chi connectivity index (χ2v) is 16.4. The first-order valence-electron chi connectivity index (χ1n) is 21.9. The Balaban J connectivity index is 0.000000259. The van der Waals surface area contributed by atoms with Crippen molar-refractivity contribution >= 4 is 38.9 Å². The van der Waals surface area contributed by atoms with E-state index >= 15 is 0 Å². The predicted octanol–water partition coefficient (Wildman–Crippen LogP) is 12.9. The molecule has 2 aliphatic rings. The van der Waals surface area contributed by atoms with Gasteiger partial charge in [0.05, 0.1) is 39.4 Å². The quantitative estimate of drug-likeness (QED) is 0.139. The van der Waals surface area contributed by atoms with Crippen LogP contribution >= 0.6 is 0 Å². The van der Waals surface area contributed by atoms with Gasteiger partial charge in [-0.05, 0) is 82.4 Å². The van der Waals surface area contributed by atoms with Gasteiger partial charge in [0.1, 0.15) is 11.5 Å². The van der Waals surface area contributed by atoms with Crippen LogP contribution in [0, 0.1) is 0 Å². The van der Waals surface area contributed by atoms with Gasteiger partial charge in [-0.25, -0.2) is 0 Å². The van der Waals surface area contributed by atoms with E-state index in [0.29, 0.717) is 0 Å².